The summed E-state index contributed by atoms with van der Waals surface area (Å²) in [5.74, 6) is -0.562. The van der Waals surface area contributed by atoms with Crippen LogP contribution in [0.1, 0.15) is 6.92 Å². The van der Waals surface area contributed by atoms with Crippen LogP contribution in [0.3, 0.4) is 0 Å². The molecule has 0 spiro atoms. The fourth-order valence-corrected chi connectivity index (χ4v) is 0.160. The highest BCUT2D eigenvalue weighted by Crippen LogP contribution is 1.72. The summed E-state index contributed by atoms with van der Waals surface area (Å²) in [4.78, 5) is 19.5. The van der Waals surface area contributed by atoms with E-state index >= 15 is 0 Å². The van der Waals surface area contributed by atoms with Crippen molar-refractivity contribution >= 4 is 12.3 Å². The Morgan fingerprint density at radius 2 is 2.38 bits per heavy atom. The normalized spacial score (nSPS) is 12.1. The number of primary amides is 1. The third-order valence-electron chi connectivity index (χ3n) is 0.702. The first-order chi connectivity index (χ1) is 3.68. The third kappa shape index (κ3) is 2.17. The summed E-state index contributed by atoms with van der Waals surface area (Å²) in [5, 5.41) is 2.06. The molecular formula is C4H7N2O2. The van der Waals surface area contributed by atoms with Crippen molar-refractivity contribution < 1.29 is 9.59 Å². The van der Waals surface area contributed by atoms with Crippen LogP contribution in [0.2, 0.25) is 0 Å². The predicted molar refractivity (Wildman–Crippen MR) is 27.5 cm³/mol. The van der Waals surface area contributed by atoms with Gasteiger partial charge in [0.15, 0.2) is 0 Å². The molecule has 4 heteroatoms. The molecule has 0 rings (SSSR count). The maximum Gasteiger partial charge on any atom is 0.309 e. The largest absolute Gasteiger partial charge is 0.368 e. The van der Waals surface area contributed by atoms with Crippen molar-refractivity contribution in [2.45, 2.75) is 13.0 Å². The third-order valence-corrected chi connectivity index (χ3v) is 0.702. The van der Waals surface area contributed by atoms with Crippen molar-refractivity contribution in [2.24, 2.45) is 5.73 Å². The molecule has 1 unspecified atom stereocenters. The Bertz CT molecular complexity index is 102. The van der Waals surface area contributed by atoms with Crippen LogP contribution in [0, 0.1) is 0 Å². The zero-order valence-corrected chi connectivity index (χ0v) is 4.47. The molecule has 45 valence electrons. The van der Waals surface area contributed by atoms with Crippen LogP contribution in [-0.2, 0) is 9.59 Å². The van der Waals surface area contributed by atoms with E-state index in [9.17, 15) is 9.59 Å². The standard InChI is InChI=1S/C4H7N2O2/c1-3(4(5)8)6-2-7/h3H,1H3,(H2,5,8)(H,6,7). The minimum atomic E-state index is -0.618. The Kier molecular flexibility index (Phi) is 2.61. The lowest BCUT2D eigenvalue weighted by Crippen LogP contribution is -2.37. The van der Waals surface area contributed by atoms with Crippen LogP contribution in [0.4, 0.5) is 0 Å². The van der Waals surface area contributed by atoms with Gasteiger partial charge in [-0.1, -0.05) is 0 Å². The van der Waals surface area contributed by atoms with Crippen molar-refractivity contribution in [3.8, 4) is 0 Å². The molecule has 0 fully saturated rings. The molecule has 0 aliphatic heterocycles. The van der Waals surface area contributed by atoms with Gasteiger partial charge in [0.2, 0.25) is 5.91 Å². The second-order valence-electron chi connectivity index (χ2n) is 1.37. The van der Waals surface area contributed by atoms with Gasteiger partial charge < -0.3 is 11.1 Å². The lowest BCUT2D eigenvalue weighted by molar-refractivity contribution is -0.119. The Morgan fingerprint density at radius 3 is 2.50 bits per heavy atom. The van der Waals surface area contributed by atoms with Gasteiger partial charge in [0, 0.05) is 0 Å². The first-order valence-corrected chi connectivity index (χ1v) is 2.10. The number of nitrogens with one attached hydrogen (secondary N) is 1. The van der Waals surface area contributed by atoms with Crippen molar-refractivity contribution in [3.63, 3.8) is 0 Å². The summed E-state index contributed by atoms with van der Waals surface area (Å²) in [5.41, 5.74) is 4.74. The van der Waals surface area contributed by atoms with Crippen LogP contribution in [0.25, 0.3) is 0 Å². The molecule has 0 aromatic carbocycles. The Morgan fingerprint density at radius 1 is 1.88 bits per heavy atom. The summed E-state index contributed by atoms with van der Waals surface area (Å²) in [6.45, 7) is 1.48. The monoisotopic (exact) mass is 115 g/mol. The molecule has 0 saturated carbocycles. The highest BCUT2D eigenvalue weighted by atomic mass is 16.2. The van der Waals surface area contributed by atoms with Crippen LogP contribution in [-0.4, -0.2) is 18.4 Å². The minimum absolute atomic E-state index is 0.562. The molecule has 1 atom stereocenters. The fraction of sp³-hybridized carbons (Fsp3) is 0.500. The van der Waals surface area contributed by atoms with E-state index in [0.717, 1.165) is 0 Å². The van der Waals surface area contributed by atoms with E-state index in [1.54, 1.807) is 0 Å². The smallest absolute Gasteiger partial charge is 0.309 e. The number of hydrogen-bond acceptors (Lipinski definition) is 2. The summed E-state index contributed by atoms with van der Waals surface area (Å²) < 4.78 is 0. The summed E-state index contributed by atoms with van der Waals surface area (Å²) in [6.07, 6.45) is 1.35. The van der Waals surface area contributed by atoms with Crippen molar-refractivity contribution in [2.75, 3.05) is 0 Å². The molecule has 1 radical (unpaired) electrons. The van der Waals surface area contributed by atoms with E-state index in [1.807, 2.05) is 0 Å². The van der Waals surface area contributed by atoms with Gasteiger partial charge in [0.25, 0.3) is 0 Å². The zero-order valence-electron chi connectivity index (χ0n) is 4.47. The van der Waals surface area contributed by atoms with Gasteiger partial charge >= 0.3 is 6.41 Å². The number of carbonyl (C=O) groups excluding carboxylic acids is 2. The Balaban J connectivity index is 3.46. The lowest BCUT2D eigenvalue weighted by atomic mass is 10.3. The predicted octanol–water partition coefficient (Wildman–Crippen LogP) is -1.48. The van der Waals surface area contributed by atoms with Crippen LogP contribution in [0.5, 0.6) is 0 Å². The topological polar surface area (TPSA) is 72.2 Å². The number of carbonyl (C=O) groups is 1. The maximum absolute atomic E-state index is 10.1. The average molecular weight is 115 g/mol. The van der Waals surface area contributed by atoms with Crippen LogP contribution < -0.4 is 11.1 Å². The molecule has 8 heavy (non-hydrogen) atoms. The Hall–Kier alpha value is -1.06. The molecule has 3 N–H and O–H groups in total. The van der Waals surface area contributed by atoms with E-state index in [4.69, 9.17) is 5.73 Å². The maximum atomic E-state index is 10.1. The molecule has 0 bridgehead atoms. The van der Waals surface area contributed by atoms with E-state index in [-0.39, 0.29) is 0 Å². The van der Waals surface area contributed by atoms with Crippen molar-refractivity contribution in [1.82, 2.24) is 5.32 Å². The fourth-order valence-electron chi connectivity index (χ4n) is 0.160. The molecule has 0 aliphatic rings. The van der Waals surface area contributed by atoms with Crippen LogP contribution in [0.15, 0.2) is 0 Å². The summed E-state index contributed by atoms with van der Waals surface area (Å²) >= 11 is 0. The second-order valence-corrected chi connectivity index (χ2v) is 1.37. The SMILES string of the molecule is CC(N[C]=O)C(N)=O. The molecular weight excluding hydrogens is 108 g/mol. The van der Waals surface area contributed by atoms with E-state index in [0.29, 0.717) is 0 Å². The quantitative estimate of drug-likeness (QED) is 0.440. The van der Waals surface area contributed by atoms with Gasteiger partial charge in [-0.3, -0.25) is 9.59 Å². The van der Waals surface area contributed by atoms with Gasteiger partial charge in [-0.15, -0.1) is 0 Å². The minimum Gasteiger partial charge on any atom is -0.368 e. The molecule has 4 nitrogen and oxygen atoms in total. The first kappa shape index (κ1) is 6.94. The molecule has 0 aliphatic carbocycles. The zero-order chi connectivity index (χ0) is 6.57. The van der Waals surface area contributed by atoms with E-state index in [2.05, 4.69) is 5.32 Å². The number of hydrogen-bond donors (Lipinski definition) is 2. The summed E-state index contributed by atoms with van der Waals surface area (Å²) in [6, 6.07) is -0.618. The van der Waals surface area contributed by atoms with Gasteiger partial charge in [-0.05, 0) is 6.92 Å². The van der Waals surface area contributed by atoms with Crippen LogP contribution >= 0.6 is 0 Å². The number of amides is 2. The molecule has 2 amide bonds. The number of nitrogens with two attached hydrogens (primary N) is 1. The molecule has 0 aromatic rings. The highest BCUT2D eigenvalue weighted by Gasteiger charge is 2.04. The molecule has 0 aromatic heterocycles. The molecule has 0 saturated heterocycles. The van der Waals surface area contributed by atoms with Gasteiger partial charge in [-0.25, -0.2) is 0 Å². The Labute approximate surface area is 47.0 Å². The van der Waals surface area contributed by atoms with E-state index in [1.165, 1.54) is 13.3 Å². The first-order valence-electron chi connectivity index (χ1n) is 2.10. The second kappa shape index (κ2) is 3.01. The van der Waals surface area contributed by atoms with Gasteiger partial charge in [0.05, 0.1) is 0 Å². The number of rotatable bonds is 3. The highest BCUT2D eigenvalue weighted by molar-refractivity contribution is 5.81. The van der Waals surface area contributed by atoms with Gasteiger partial charge in [-0.2, -0.15) is 0 Å². The van der Waals surface area contributed by atoms with Crippen molar-refractivity contribution in [1.29, 1.82) is 0 Å². The average Bonchev–Trinajstić information content (AvgIpc) is 1.67. The van der Waals surface area contributed by atoms with E-state index < -0.39 is 11.9 Å². The van der Waals surface area contributed by atoms with Crippen molar-refractivity contribution in [3.05, 3.63) is 0 Å². The summed E-state index contributed by atoms with van der Waals surface area (Å²) in [7, 11) is 0. The van der Waals surface area contributed by atoms with Gasteiger partial charge in [0.1, 0.15) is 6.04 Å². The lowest BCUT2D eigenvalue weighted by Gasteiger charge is -2.00. The molecule has 0 heterocycles.